The second kappa shape index (κ2) is 5.53. The van der Waals surface area contributed by atoms with E-state index in [1.54, 1.807) is 6.07 Å². The minimum absolute atomic E-state index is 0.0251. The Bertz CT molecular complexity index is 422. The van der Waals surface area contributed by atoms with Gasteiger partial charge in [-0.3, -0.25) is 4.39 Å². The molecule has 0 atom stereocenters. The average molecular weight is 247 g/mol. The van der Waals surface area contributed by atoms with Crippen LogP contribution in [-0.4, -0.2) is 13.3 Å². The molecule has 0 aliphatic heterocycles. The van der Waals surface area contributed by atoms with E-state index in [2.05, 4.69) is 0 Å². The third-order valence-electron chi connectivity index (χ3n) is 1.95. The standard InChI is InChI=1S/C11H9F4NO/c12-4-1-5-17-10-3-2-8(7-16)6-9(10)11(13,14)15/h2-3,6H,1,4-5H2. The summed E-state index contributed by atoms with van der Waals surface area (Å²) in [5.74, 6) is -0.384. The molecule has 0 saturated heterocycles. The van der Waals surface area contributed by atoms with Gasteiger partial charge in [0.2, 0.25) is 0 Å². The summed E-state index contributed by atoms with van der Waals surface area (Å²) in [6, 6.07) is 4.62. The van der Waals surface area contributed by atoms with Crippen molar-refractivity contribution in [3.8, 4) is 11.8 Å². The summed E-state index contributed by atoms with van der Waals surface area (Å²) in [5, 5.41) is 8.53. The molecule has 0 unspecified atom stereocenters. The normalized spacial score (nSPS) is 11.0. The van der Waals surface area contributed by atoms with Crippen molar-refractivity contribution >= 4 is 0 Å². The first-order valence-electron chi connectivity index (χ1n) is 4.79. The van der Waals surface area contributed by atoms with E-state index in [1.807, 2.05) is 0 Å². The minimum atomic E-state index is -4.60. The highest BCUT2D eigenvalue weighted by Gasteiger charge is 2.34. The van der Waals surface area contributed by atoms with E-state index in [1.165, 1.54) is 6.07 Å². The van der Waals surface area contributed by atoms with Gasteiger partial charge in [-0.1, -0.05) is 0 Å². The van der Waals surface area contributed by atoms with Crippen LogP contribution in [0.1, 0.15) is 17.5 Å². The lowest BCUT2D eigenvalue weighted by atomic mass is 10.1. The Balaban J connectivity index is 3.00. The van der Waals surface area contributed by atoms with Crippen molar-refractivity contribution in [1.29, 1.82) is 5.26 Å². The summed E-state index contributed by atoms with van der Waals surface area (Å²) >= 11 is 0. The van der Waals surface area contributed by atoms with Gasteiger partial charge in [-0.05, 0) is 18.2 Å². The molecule has 1 rings (SSSR count). The molecule has 0 saturated carbocycles. The van der Waals surface area contributed by atoms with Crippen molar-refractivity contribution in [1.82, 2.24) is 0 Å². The number of alkyl halides is 4. The van der Waals surface area contributed by atoms with Gasteiger partial charge < -0.3 is 4.74 Å². The van der Waals surface area contributed by atoms with Crippen molar-refractivity contribution in [2.75, 3.05) is 13.3 Å². The Hall–Kier alpha value is -1.77. The Morgan fingerprint density at radius 3 is 2.53 bits per heavy atom. The molecule has 0 radical (unpaired) electrons. The number of rotatable bonds is 4. The van der Waals surface area contributed by atoms with Gasteiger partial charge in [-0.15, -0.1) is 0 Å². The maximum absolute atomic E-state index is 12.6. The molecule has 0 heterocycles. The van der Waals surface area contributed by atoms with Crippen LogP contribution in [0.4, 0.5) is 17.6 Å². The second-order valence-electron chi connectivity index (χ2n) is 3.21. The van der Waals surface area contributed by atoms with E-state index in [-0.39, 0.29) is 24.3 Å². The molecule has 6 heteroatoms. The molecule has 0 aromatic heterocycles. The van der Waals surface area contributed by atoms with Crippen LogP contribution in [0, 0.1) is 11.3 Å². The first-order chi connectivity index (χ1) is 7.99. The summed E-state index contributed by atoms with van der Waals surface area (Å²) in [6.07, 6.45) is -4.57. The van der Waals surface area contributed by atoms with E-state index in [0.29, 0.717) is 6.07 Å². The fraction of sp³-hybridized carbons (Fsp3) is 0.364. The summed E-state index contributed by atoms with van der Waals surface area (Å²) in [7, 11) is 0. The minimum Gasteiger partial charge on any atom is -0.493 e. The number of nitrogens with zero attached hydrogens (tertiary/aromatic N) is 1. The molecule has 1 aromatic carbocycles. The van der Waals surface area contributed by atoms with Gasteiger partial charge in [0.05, 0.1) is 30.5 Å². The van der Waals surface area contributed by atoms with Gasteiger partial charge in [0.25, 0.3) is 0 Å². The quantitative estimate of drug-likeness (QED) is 0.604. The topological polar surface area (TPSA) is 33.0 Å². The van der Waals surface area contributed by atoms with Gasteiger partial charge >= 0.3 is 6.18 Å². The molecule has 0 fully saturated rings. The number of hydrogen-bond acceptors (Lipinski definition) is 2. The SMILES string of the molecule is N#Cc1ccc(OCCCF)c(C(F)(F)F)c1. The third kappa shape index (κ3) is 3.63. The number of halogens is 4. The van der Waals surface area contributed by atoms with Crippen molar-refractivity contribution < 1.29 is 22.3 Å². The lowest BCUT2D eigenvalue weighted by Gasteiger charge is -2.13. The Morgan fingerprint density at radius 2 is 2.00 bits per heavy atom. The van der Waals surface area contributed by atoms with E-state index in [9.17, 15) is 17.6 Å². The molecule has 0 aliphatic rings. The molecular formula is C11H9F4NO. The van der Waals surface area contributed by atoms with E-state index in [4.69, 9.17) is 10.00 Å². The monoisotopic (exact) mass is 247 g/mol. The first-order valence-corrected chi connectivity index (χ1v) is 4.79. The molecular weight excluding hydrogens is 238 g/mol. The summed E-state index contributed by atoms with van der Waals surface area (Å²) in [5.41, 5.74) is -1.12. The largest absolute Gasteiger partial charge is 0.493 e. The molecule has 0 spiro atoms. The van der Waals surface area contributed by atoms with E-state index >= 15 is 0 Å². The lowest BCUT2D eigenvalue weighted by Crippen LogP contribution is -2.10. The van der Waals surface area contributed by atoms with Crippen molar-refractivity contribution in [3.05, 3.63) is 29.3 Å². The maximum Gasteiger partial charge on any atom is 0.420 e. The first kappa shape index (κ1) is 13.3. The van der Waals surface area contributed by atoms with Crippen LogP contribution in [0.5, 0.6) is 5.75 Å². The lowest BCUT2D eigenvalue weighted by molar-refractivity contribution is -0.139. The zero-order chi connectivity index (χ0) is 12.9. The number of nitriles is 1. The Morgan fingerprint density at radius 1 is 1.29 bits per heavy atom. The predicted molar refractivity (Wildman–Crippen MR) is 52.2 cm³/mol. The van der Waals surface area contributed by atoms with E-state index < -0.39 is 18.4 Å². The zero-order valence-corrected chi connectivity index (χ0v) is 8.72. The summed E-state index contributed by atoms with van der Waals surface area (Å²) in [6.45, 7) is -0.789. The van der Waals surface area contributed by atoms with Crippen LogP contribution in [0.2, 0.25) is 0 Å². The van der Waals surface area contributed by atoms with Crippen molar-refractivity contribution in [3.63, 3.8) is 0 Å². The molecule has 0 aliphatic carbocycles. The van der Waals surface area contributed by atoms with Gasteiger partial charge in [0.1, 0.15) is 5.75 Å². The molecule has 0 bridgehead atoms. The molecule has 0 N–H and O–H groups in total. The highest BCUT2D eigenvalue weighted by molar-refractivity contribution is 5.43. The Labute approximate surface area is 95.4 Å². The Kier molecular flexibility index (Phi) is 4.32. The maximum atomic E-state index is 12.6. The summed E-state index contributed by atoms with van der Waals surface area (Å²) < 4.78 is 54.5. The average Bonchev–Trinajstić information content (AvgIpc) is 2.28. The highest BCUT2D eigenvalue weighted by Crippen LogP contribution is 2.36. The number of benzene rings is 1. The predicted octanol–water partition coefficient (Wildman–Crippen LogP) is 3.32. The molecule has 0 amide bonds. The summed E-state index contributed by atoms with van der Waals surface area (Å²) in [4.78, 5) is 0. The fourth-order valence-electron chi connectivity index (χ4n) is 1.18. The van der Waals surface area contributed by atoms with Gasteiger partial charge in [-0.2, -0.15) is 18.4 Å². The van der Waals surface area contributed by atoms with Crippen molar-refractivity contribution in [2.45, 2.75) is 12.6 Å². The molecule has 1 aromatic rings. The molecule has 17 heavy (non-hydrogen) atoms. The van der Waals surface area contributed by atoms with Crippen LogP contribution < -0.4 is 4.74 Å². The van der Waals surface area contributed by atoms with Gasteiger partial charge in [0.15, 0.2) is 0 Å². The highest BCUT2D eigenvalue weighted by atomic mass is 19.4. The second-order valence-corrected chi connectivity index (χ2v) is 3.21. The molecule has 92 valence electrons. The van der Waals surface area contributed by atoms with Crippen molar-refractivity contribution in [2.24, 2.45) is 0 Å². The smallest absolute Gasteiger partial charge is 0.420 e. The van der Waals surface area contributed by atoms with Crippen LogP contribution in [0.3, 0.4) is 0 Å². The fourth-order valence-corrected chi connectivity index (χ4v) is 1.18. The van der Waals surface area contributed by atoms with Crippen LogP contribution in [-0.2, 0) is 6.18 Å². The van der Waals surface area contributed by atoms with E-state index in [0.717, 1.165) is 6.07 Å². The van der Waals surface area contributed by atoms with Gasteiger partial charge in [0, 0.05) is 6.42 Å². The van der Waals surface area contributed by atoms with Crippen LogP contribution >= 0.6 is 0 Å². The zero-order valence-electron chi connectivity index (χ0n) is 8.72. The number of hydrogen-bond donors (Lipinski definition) is 0. The van der Waals surface area contributed by atoms with Gasteiger partial charge in [-0.25, -0.2) is 0 Å². The van der Waals surface area contributed by atoms with Crippen LogP contribution in [0.25, 0.3) is 0 Å². The van der Waals surface area contributed by atoms with Crippen LogP contribution in [0.15, 0.2) is 18.2 Å². The molecule has 2 nitrogen and oxygen atoms in total. The third-order valence-corrected chi connectivity index (χ3v) is 1.95. The number of ether oxygens (including phenoxy) is 1.